The third-order valence-corrected chi connectivity index (χ3v) is 4.21. The molecule has 0 atom stereocenters. The van der Waals surface area contributed by atoms with E-state index in [1.807, 2.05) is 22.9 Å². The first-order chi connectivity index (χ1) is 12.2. The number of nitrogens with two attached hydrogens (primary N) is 2. The van der Waals surface area contributed by atoms with Gasteiger partial charge in [-0.15, -0.1) is 0 Å². The summed E-state index contributed by atoms with van der Waals surface area (Å²) in [6, 6.07) is 5.78. The summed E-state index contributed by atoms with van der Waals surface area (Å²) in [6.45, 7) is 2.96. The summed E-state index contributed by atoms with van der Waals surface area (Å²) in [6.07, 6.45) is 4.80. The van der Waals surface area contributed by atoms with E-state index in [2.05, 4.69) is 21.9 Å². The molecular weight excluding hydrogens is 318 g/mol. The van der Waals surface area contributed by atoms with E-state index in [-0.39, 0.29) is 6.01 Å². The van der Waals surface area contributed by atoms with E-state index in [1.165, 1.54) is 6.33 Å². The number of hydrogen-bond acceptors (Lipinski definition) is 7. The Morgan fingerprint density at radius 3 is 2.88 bits per heavy atom. The number of benzene rings is 1. The van der Waals surface area contributed by atoms with Gasteiger partial charge in [0.05, 0.1) is 5.39 Å². The number of aromatic nitrogens is 5. The van der Waals surface area contributed by atoms with Crippen molar-refractivity contribution < 1.29 is 4.42 Å². The molecule has 0 aliphatic rings. The molecule has 0 aliphatic heterocycles. The Morgan fingerprint density at radius 1 is 1.16 bits per heavy atom. The first-order valence-electron chi connectivity index (χ1n) is 8.31. The van der Waals surface area contributed by atoms with Gasteiger partial charge in [-0.1, -0.05) is 19.8 Å². The summed E-state index contributed by atoms with van der Waals surface area (Å²) in [7, 11) is 0. The predicted molar refractivity (Wildman–Crippen MR) is 96.7 cm³/mol. The summed E-state index contributed by atoms with van der Waals surface area (Å²) >= 11 is 0. The highest BCUT2D eigenvalue weighted by Gasteiger charge is 2.17. The fourth-order valence-electron chi connectivity index (χ4n) is 2.99. The molecule has 0 fully saturated rings. The van der Waals surface area contributed by atoms with Crippen molar-refractivity contribution in [1.82, 2.24) is 24.7 Å². The van der Waals surface area contributed by atoms with Crippen LogP contribution in [0.25, 0.3) is 33.4 Å². The Labute approximate surface area is 143 Å². The average Bonchev–Trinajstić information content (AvgIpc) is 3.15. The molecule has 0 unspecified atom stereocenters. The largest absolute Gasteiger partial charge is 0.424 e. The van der Waals surface area contributed by atoms with Crippen LogP contribution < -0.4 is 11.5 Å². The standard InChI is InChI=1S/C17H19N7O/c1-2-3-4-7-24-16-13(15(18)20-9-21-16)14(23-24)10-5-6-12-11(8-10)22-17(19)25-12/h5-6,8-9H,2-4,7H2,1H3,(H2,19,22)(H2,18,20,21). The van der Waals surface area contributed by atoms with Gasteiger partial charge in [-0.25, -0.2) is 14.6 Å². The highest BCUT2D eigenvalue weighted by atomic mass is 16.4. The van der Waals surface area contributed by atoms with Crippen LogP contribution in [-0.2, 0) is 6.54 Å². The molecular formula is C17H19N7O. The van der Waals surface area contributed by atoms with Crippen LogP contribution in [0.15, 0.2) is 28.9 Å². The molecule has 0 saturated heterocycles. The predicted octanol–water partition coefficient (Wildman–Crippen LogP) is 2.99. The molecule has 4 N–H and O–H groups in total. The van der Waals surface area contributed by atoms with Gasteiger partial charge in [0.15, 0.2) is 11.2 Å². The van der Waals surface area contributed by atoms with Gasteiger partial charge in [0.2, 0.25) is 0 Å². The number of unbranched alkanes of at least 4 members (excludes halogenated alkanes) is 2. The molecule has 8 nitrogen and oxygen atoms in total. The third kappa shape index (κ3) is 2.65. The van der Waals surface area contributed by atoms with Gasteiger partial charge in [-0.05, 0) is 24.6 Å². The number of oxazole rings is 1. The van der Waals surface area contributed by atoms with Gasteiger partial charge < -0.3 is 15.9 Å². The summed E-state index contributed by atoms with van der Waals surface area (Å²) in [5.41, 5.74) is 15.4. The lowest BCUT2D eigenvalue weighted by atomic mass is 10.1. The van der Waals surface area contributed by atoms with E-state index in [0.717, 1.165) is 48.1 Å². The smallest absolute Gasteiger partial charge is 0.292 e. The van der Waals surface area contributed by atoms with Crippen LogP contribution in [0.5, 0.6) is 0 Å². The summed E-state index contributed by atoms with van der Waals surface area (Å²) in [5, 5.41) is 5.51. The summed E-state index contributed by atoms with van der Waals surface area (Å²) < 4.78 is 7.23. The number of aryl methyl sites for hydroxylation is 1. The topological polar surface area (TPSA) is 122 Å². The zero-order chi connectivity index (χ0) is 17.4. The summed E-state index contributed by atoms with van der Waals surface area (Å²) in [5.74, 6) is 0.418. The van der Waals surface area contributed by atoms with E-state index < -0.39 is 0 Å². The Bertz CT molecular complexity index is 1050. The second-order valence-corrected chi connectivity index (χ2v) is 5.97. The number of rotatable bonds is 5. The second kappa shape index (κ2) is 6.04. The highest BCUT2D eigenvalue weighted by molar-refractivity contribution is 5.99. The van der Waals surface area contributed by atoms with Gasteiger partial charge in [0.25, 0.3) is 6.01 Å². The van der Waals surface area contributed by atoms with Gasteiger partial charge in [0, 0.05) is 12.1 Å². The molecule has 4 aromatic rings. The van der Waals surface area contributed by atoms with Crippen LogP contribution in [0.4, 0.5) is 11.8 Å². The first kappa shape index (κ1) is 15.4. The number of hydrogen-bond donors (Lipinski definition) is 2. The van der Waals surface area contributed by atoms with Crippen LogP contribution in [0.1, 0.15) is 26.2 Å². The van der Waals surface area contributed by atoms with Crippen molar-refractivity contribution >= 4 is 34.0 Å². The monoisotopic (exact) mass is 337 g/mol. The van der Waals surface area contributed by atoms with Crippen LogP contribution in [0.3, 0.4) is 0 Å². The number of fused-ring (bicyclic) bond motifs is 2. The number of anilines is 2. The van der Waals surface area contributed by atoms with Gasteiger partial charge >= 0.3 is 0 Å². The average molecular weight is 337 g/mol. The molecule has 0 bridgehead atoms. The molecule has 3 aromatic heterocycles. The lowest BCUT2D eigenvalue weighted by Gasteiger charge is -2.01. The molecule has 4 rings (SSSR count). The van der Waals surface area contributed by atoms with Crippen molar-refractivity contribution in [3.8, 4) is 11.3 Å². The lowest BCUT2D eigenvalue weighted by Crippen LogP contribution is -2.02. The maximum atomic E-state index is 6.12. The zero-order valence-electron chi connectivity index (χ0n) is 13.9. The molecule has 1 aromatic carbocycles. The van der Waals surface area contributed by atoms with Gasteiger partial charge in [-0.3, -0.25) is 0 Å². The third-order valence-electron chi connectivity index (χ3n) is 4.21. The van der Waals surface area contributed by atoms with Crippen LogP contribution in [0.2, 0.25) is 0 Å². The minimum Gasteiger partial charge on any atom is -0.424 e. The van der Waals surface area contributed by atoms with E-state index >= 15 is 0 Å². The van der Waals surface area contributed by atoms with E-state index in [4.69, 9.17) is 21.0 Å². The number of nitrogen functional groups attached to an aromatic ring is 2. The van der Waals surface area contributed by atoms with E-state index in [1.54, 1.807) is 0 Å². The van der Waals surface area contributed by atoms with Crippen molar-refractivity contribution in [3.05, 3.63) is 24.5 Å². The molecule has 0 spiro atoms. The minimum atomic E-state index is 0.143. The maximum Gasteiger partial charge on any atom is 0.292 e. The van der Waals surface area contributed by atoms with Crippen molar-refractivity contribution in [2.24, 2.45) is 0 Å². The molecule has 0 radical (unpaired) electrons. The van der Waals surface area contributed by atoms with Crippen molar-refractivity contribution in [1.29, 1.82) is 0 Å². The first-order valence-corrected chi connectivity index (χ1v) is 8.31. The molecule has 25 heavy (non-hydrogen) atoms. The quantitative estimate of drug-likeness (QED) is 0.537. The van der Waals surface area contributed by atoms with Crippen molar-refractivity contribution in [3.63, 3.8) is 0 Å². The van der Waals surface area contributed by atoms with Gasteiger partial charge in [0.1, 0.15) is 23.4 Å². The number of nitrogens with zero attached hydrogens (tertiary/aromatic N) is 5. The molecule has 0 amide bonds. The Hall–Kier alpha value is -3.16. The highest BCUT2D eigenvalue weighted by Crippen LogP contribution is 2.32. The maximum absolute atomic E-state index is 6.12. The Morgan fingerprint density at radius 2 is 2.04 bits per heavy atom. The van der Waals surface area contributed by atoms with Gasteiger partial charge in [-0.2, -0.15) is 10.1 Å². The normalized spacial score (nSPS) is 11.6. The fourth-order valence-corrected chi connectivity index (χ4v) is 2.99. The van der Waals surface area contributed by atoms with E-state index in [9.17, 15) is 0 Å². The zero-order valence-corrected chi connectivity index (χ0v) is 13.9. The van der Waals surface area contributed by atoms with Crippen molar-refractivity contribution in [2.45, 2.75) is 32.7 Å². The Balaban J connectivity index is 1.87. The Kier molecular flexibility index (Phi) is 3.72. The fraction of sp³-hybridized carbons (Fsp3) is 0.294. The van der Waals surface area contributed by atoms with Crippen molar-refractivity contribution in [2.75, 3.05) is 11.5 Å². The SMILES string of the molecule is CCCCCn1nc(-c2ccc3oc(N)nc3c2)c2c(N)ncnc21. The van der Waals surface area contributed by atoms with Crippen LogP contribution >= 0.6 is 0 Å². The van der Waals surface area contributed by atoms with E-state index in [0.29, 0.717) is 16.9 Å². The molecule has 128 valence electrons. The lowest BCUT2D eigenvalue weighted by molar-refractivity contribution is 0.565. The van der Waals surface area contributed by atoms with Crippen LogP contribution in [-0.4, -0.2) is 24.7 Å². The van der Waals surface area contributed by atoms with Crippen LogP contribution in [0, 0.1) is 0 Å². The minimum absolute atomic E-state index is 0.143. The molecule has 8 heteroatoms. The molecule has 0 saturated carbocycles. The summed E-state index contributed by atoms with van der Waals surface area (Å²) in [4.78, 5) is 12.7. The molecule has 3 heterocycles. The second-order valence-electron chi connectivity index (χ2n) is 5.97. The molecule has 0 aliphatic carbocycles.